The van der Waals surface area contributed by atoms with Gasteiger partial charge in [0, 0.05) is 47.7 Å². The van der Waals surface area contributed by atoms with Crippen LogP contribution in [0.4, 0.5) is 17.3 Å². The molecule has 2 N–H and O–H groups in total. The molecule has 1 aliphatic rings. The number of benzene rings is 2. The lowest BCUT2D eigenvalue weighted by Gasteiger charge is -2.26. The van der Waals surface area contributed by atoms with E-state index in [0.29, 0.717) is 12.6 Å². The first-order chi connectivity index (χ1) is 17.1. The van der Waals surface area contributed by atoms with Crippen molar-refractivity contribution in [1.29, 1.82) is 0 Å². The molecule has 0 radical (unpaired) electrons. The summed E-state index contributed by atoms with van der Waals surface area (Å²) in [7, 11) is 0. The van der Waals surface area contributed by atoms with E-state index in [1.807, 2.05) is 55.5 Å². The quantitative estimate of drug-likeness (QED) is 0.316. The largest absolute Gasteiger partial charge is 0.492 e. The van der Waals surface area contributed by atoms with Gasteiger partial charge in [0.2, 0.25) is 11.9 Å². The van der Waals surface area contributed by atoms with E-state index in [1.54, 1.807) is 6.20 Å². The third-order valence-corrected chi connectivity index (χ3v) is 6.45. The van der Waals surface area contributed by atoms with E-state index in [4.69, 9.17) is 9.47 Å². The lowest BCUT2D eigenvalue weighted by molar-refractivity contribution is -0.111. The van der Waals surface area contributed by atoms with Crippen LogP contribution in [0.2, 0.25) is 0 Å². The molecule has 2 heterocycles. The van der Waals surface area contributed by atoms with Crippen molar-refractivity contribution in [2.45, 2.75) is 16.8 Å². The number of aryl methyl sites for hydroxylation is 1. The van der Waals surface area contributed by atoms with E-state index in [0.717, 1.165) is 65.5 Å². The van der Waals surface area contributed by atoms with Gasteiger partial charge in [-0.2, -0.15) is 0 Å². The van der Waals surface area contributed by atoms with E-state index in [1.165, 1.54) is 17.8 Å². The summed E-state index contributed by atoms with van der Waals surface area (Å²) in [6.07, 6.45) is 3.05. The predicted octanol–water partition coefficient (Wildman–Crippen LogP) is 4.52. The number of ether oxygens (including phenoxy) is 2. The van der Waals surface area contributed by atoms with Crippen LogP contribution in [0, 0.1) is 6.92 Å². The Kier molecular flexibility index (Phi) is 8.72. The first-order valence-corrected chi connectivity index (χ1v) is 12.3. The van der Waals surface area contributed by atoms with Crippen LogP contribution in [0.5, 0.6) is 5.75 Å². The van der Waals surface area contributed by atoms with Gasteiger partial charge >= 0.3 is 0 Å². The SMILES string of the molecule is C=CC(=O)Nc1ccc(Sc2nc(Nc3ccc(OCCN4CCOCC4)cc3)ncc2C)cc1. The second-order valence-electron chi connectivity index (χ2n) is 7.95. The van der Waals surface area contributed by atoms with E-state index >= 15 is 0 Å². The lowest BCUT2D eigenvalue weighted by atomic mass is 10.3. The van der Waals surface area contributed by atoms with Gasteiger partial charge in [-0.3, -0.25) is 9.69 Å². The Bertz CT molecular complexity index is 1130. The van der Waals surface area contributed by atoms with Crippen molar-refractivity contribution in [3.8, 4) is 5.75 Å². The molecule has 1 amide bonds. The van der Waals surface area contributed by atoms with Crippen LogP contribution in [-0.4, -0.2) is 60.2 Å². The molecule has 0 unspecified atom stereocenters. The van der Waals surface area contributed by atoms with Crippen LogP contribution in [0.15, 0.2) is 77.3 Å². The fraction of sp³-hybridized carbons (Fsp3) is 0.269. The summed E-state index contributed by atoms with van der Waals surface area (Å²) < 4.78 is 11.3. The first-order valence-electron chi connectivity index (χ1n) is 11.4. The Balaban J connectivity index is 1.31. The van der Waals surface area contributed by atoms with Gasteiger partial charge in [-0.25, -0.2) is 9.97 Å². The summed E-state index contributed by atoms with van der Waals surface area (Å²) in [5, 5.41) is 6.86. The molecule has 0 atom stereocenters. The molecular weight excluding hydrogens is 462 g/mol. The highest BCUT2D eigenvalue weighted by atomic mass is 32.2. The monoisotopic (exact) mass is 491 g/mol. The topological polar surface area (TPSA) is 88.6 Å². The van der Waals surface area contributed by atoms with Crippen LogP contribution < -0.4 is 15.4 Å². The highest BCUT2D eigenvalue weighted by molar-refractivity contribution is 7.99. The molecule has 4 rings (SSSR count). The summed E-state index contributed by atoms with van der Waals surface area (Å²) in [5.74, 6) is 1.12. The standard InChI is InChI=1S/C26H29N5O3S/c1-3-24(32)28-20-6-10-23(11-7-20)35-25-19(2)18-27-26(30-25)29-21-4-8-22(9-5-21)34-17-14-31-12-15-33-16-13-31/h3-11,18H,1,12-17H2,2H3,(H,28,32)(H,27,29,30). The second-order valence-corrected chi connectivity index (χ2v) is 9.02. The van der Waals surface area contributed by atoms with Crippen molar-refractivity contribution in [2.24, 2.45) is 0 Å². The van der Waals surface area contributed by atoms with Crippen molar-refractivity contribution >= 4 is 35.0 Å². The highest BCUT2D eigenvalue weighted by Gasteiger charge is 2.10. The average Bonchev–Trinajstić information content (AvgIpc) is 2.89. The lowest BCUT2D eigenvalue weighted by Crippen LogP contribution is -2.38. The van der Waals surface area contributed by atoms with Gasteiger partial charge in [0.05, 0.1) is 13.2 Å². The Morgan fingerprint density at radius 1 is 1.14 bits per heavy atom. The summed E-state index contributed by atoms with van der Waals surface area (Å²) in [4.78, 5) is 23.9. The summed E-state index contributed by atoms with van der Waals surface area (Å²) >= 11 is 1.54. The molecule has 0 saturated carbocycles. The Morgan fingerprint density at radius 2 is 1.86 bits per heavy atom. The van der Waals surface area contributed by atoms with Gasteiger partial charge in [-0.15, -0.1) is 0 Å². The third-order valence-electron chi connectivity index (χ3n) is 5.34. The van der Waals surface area contributed by atoms with Crippen molar-refractivity contribution in [2.75, 3.05) is 50.1 Å². The van der Waals surface area contributed by atoms with Crippen LogP contribution in [-0.2, 0) is 9.53 Å². The number of nitrogens with zero attached hydrogens (tertiary/aromatic N) is 3. The first kappa shape index (κ1) is 24.7. The number of amides is 1. The minimum atomic E-state index is -0.236. The van der Waals surface area contributed by atoms with Gasteiger partial charge in [0.1, 0.15) is 17.4 Å². The molecule has 182 valence electrons. The Hall–Kier alpha value is -3.40. The molecule has 3 aromatic rings. The van der Waals surface area contributed by atoms with E-state index in [9.17, 15) is 4.79 Å². The molecule has 8 nitrogen and oxygen atoms in total. The zero-order valence-electron chi connectivity index (χ0n) is 19.7. The van der Waals surface area contributed by atoms with Crippen molar-refractivity contribution in [3.63, 3.8) is 0 Å². The number of rotatable bonds is 10. The minimum Gasteiger partial charge on any atom is -0.492 e. The van der Waals surface area contributed by atoms with E-state index in [2.05, 4.69) is 32.1 Å². The normalized spacial score (nSPS) is 13.7. The zero-order chi connectivity index (χ0) is 24.5. The maximum absolute atomic E-state index is 11.4. The second kappa shape index (κ2) is 12.3. The molecule has 0 aliphatic carbocycles. The maximum Gasteiger partial charge on any atom is 0.247 e. The van der Waals surface area contributed by atoms with E-state index < -0.39 is 0 Å². The van der Waals surface area contributed by atoms with Crippen molar-refractivity contribution in [1.82, 2.24) is 14.9 Å². The predicted molar refractivity (Wildman–Crippen MR) is 139 cm³/mol. The summed E-state index contributed by atoms with van der Waals surface area (Å²) in [5.41, 5.74) is 2.58. The molecule has 1 fully saturated rings. The molecule has 0 bridgehead atoms. The number of nitrogens with one attached hydrogen (secondary N) is 2. The number of morpholine rings is 1. The van der Waals surface area contributed by atoms with Gasteiger partial charge < -0.3 is 20.1 Å². The Morgan fingerprint density at radius 3 is 2.57 bits per heavy atom. The summed E-state index contributed by atoms with van der Waals surface area (Å²) in [6.45, 7) is 10.5. The number of hydrogen-bond donors (Lipinski definition) is 2. The van der Waals surface area contributed by atoms with Gasteiger partial charge in [-0.05, 0) is 61.5 Å². The van der Waals surface area contributed by atoms with Crippen molar-refractivity contribution < 1.29 is 14.3 Å². The van der Waals surface area contributed by atoms with Crippen LogP contribution in [0.1, 0.15) is 5.56 Å². The van der Waals surface area contributed by atoms with Crippen LogP contribution >= 0.6 is 11.8 Å². The van der Waals surface area contributed by atoms with Gasteiger partial charge in [-0.1, -0.05) is 18.3 Å². The third kappa shape index (κ3) is 7.54. The maximum atomic E-state index is 11.4. The number of carbonyl (C=O) groups excluding carboxylic acids is 1. The number of anilines is 3. The molecule has 1 aromatic heterocycles. The summed E-state index contributed by atoms with van der Waals surface area (Å²) in [6, 6.07) is 15.4. The average molecular weight is 492 g/mol. The number of hydrogen-bond acceptors (Lipinski definition) is 8. The fourth-order valence-electron chi connectivity index (χ4n) is 3.38. The van der Waals surface area contributed by atoms with Gasteiger partial charge in [0.15, 0.2) is 0 Å². The highest BCUT2D eigenvalue weighted by Crippen LogP contribution is 2.30. The van der Waals surface area contributed by atoms with Crippen LogP contribution in [0.3, 0.4) is 0 Å². The number of aromatic nitrogens is 2. The molecule has 9 heteroatoms. The van der Waals surface area contributed by atoms with Crippen LogP contribution in [0.25, 0.3) is 0 Å². The number of carbonyl (C=O) groups is 1. The zero-order valence-corrected chi connectivity index (χ0v) is 20.5. The minimum absolute atomic E-state index is 0.236. The smallest absolute Gasteiger partial charge is 0.247 e. The molecule has 0 spiro atoms. The van der Waals surface area contributed by atoms with E-state index in [-0.39, 0.29) is 5.91 Å². The van der Waals surface area contributed by atoms with Gasteiger partial charge in [0.25, 0.3) is 0 Å². The Labute approximate surface area is 209 Å². The van der Waals surface area contributed by atoms with Crippen molar-refractivity contribution in [3.05, 3.63) is 72.9 Å². The molecule has 1 aliphatic heterocycles. The molecule has 2 aromatic carbocycles. The fourth-order valence-corrected chi connectivity index (χ4v) is 4.22. The molecule has 1 saturated heterocycles. The molecule has 35 heavy (non-hydrogen) atoms. The molecular formula is C26H29N5O3S.